The number of benzene rings is 1. The molecule has 1 saturated heterocycles. The van der Waals surface area contributed by atoms with E-state index in [9.17, 15) is 13.5 Å². The molecule has 1 heterocycles. The van der Waals surface area contributed by atoms with E-state index in [1.54, 1.807) is 6.07 Å². The molecule has 0 saturated carbocycles. The molecule has 0 aliphatic carbocycles. The fourth-order valence-electron chi connectivity index (χ4n) is 2.85. The highest BCUT2D eigenvalue weighted by atomic mass is 127. The zero-order valence-corrected chi connectivity index (χ0v) is 19.7. The smallest absolute Gasteiger partial charge is 0.194 e. The monoisotopic (exact) mass is 526 g/mol. The number of halogens is 1. The molecule has 1 aliphatic heterocycles. The van der Waals surface area contributed by atoms with Crippen LogP contribution in [0.2, 0.25) is 0 Å². The lowest BCUT2D eigenvalue weighted by molar-refractivity contribution is 0.157. The van der Waals surface area contributed by atoms with E-state index >= 15 is 0 Å². The third-order valence-corrected chi connectivity index (χ3v) is 5.14. The third-order valence-electron chi connectivity index (χ3n) is 4.23. The van der Waals surface area contributed by atoms with Gasteiger partial charge in [-0.15, -0.1) is 24.0 Å². The van der Waals surface area contributed by atoms with Crippen molar-refractivity contribution in [2.45, 2.75) is 6.92 Å². The molecular formula is C18H31IN4O4S. The van der Waals surface area contributed by atoms with Crippen LogP contribution < -0.4 is 10.2 Å². The Morgan fingerprint density at radius 3 is 2.50 bits per heavy atom. The quantitative estimate of drug-likeness (QED) is 0.227. The SMILES string of the molecule is CCNC(=NCCOCCS(C)(=O)=O)N1CCN(c2ccccc2O)CC1.I. The van der Waals surface area contributed by atoms with Crippen LogP contribution >= 0.6 is 24.0 Å². The Bertz CT molecular complexity index is 722. The molecule has 0 radical (unpaired) electrons. The lowest BCUT2D eigenvalue weighted by atomic mass is 10.2. The Morgan fingerprint density at radius 2 is 1.89 bits per heavy atom. The maximum Gasteiger partial charge on any atom is 0.194 e. The highest BCUT2D eigenvalue weighted by Crippen LogP contribution is 2.27. The van der Waals surface area contributed by atoms with Crippen LogP contribution in [-0.4, -0.2) is 88.9 Å². The van der Waals surface area contributed by atoms with Crippen LogP contribution in [0.5, 0.6) is 5.75 Å². The van der Waals surface area contributed by atoms with Crippen molar-refractivity contribution in [1.82, 2.24) is 10.2 Å². The number of rotatable bonds is 8. The standard InChI is InChI=1S/C18H30N4O4S.HI/c1-3-19-18(20-8-13-26-14-15-27(2,24)25)22-11-9-21(10-12-22)16-6-4-5-7-17(16)23;/h4-7,23H,3,8-15H2,1-2H3,(H,19,20);1H. The Labute approximate surface area is 184 Å². The second-order valence-electron chi connectivity index (χ2n) is 6.44. The minimum atomic E-state index is -2.99. The van der Waals surface area contributed by atoms with Gasteiger partial charge in [0.05, 0.1) is 31.2 Å². The number of para-hydroxylation sites is 2. The van der Waals surface area contributed by atoms with Crippen LogP contribution in [0.15, 0.2) is 29.3 Å². The highest BCUT2D eigenvalue weighted by molar-refractivity contribution is 14.0. The largest absolute Gasteiger partial charge is 0.506 e. The first kappa shape index (κ1) is 24.8. The summed E-state index contributed by atoms with van der Waals surface area (Å²) in [4.78, 5) is 8.94. The van der Waals surface area contributed by atoms with Crippen LogP contribution in [0.1, 0.15) is 6.92 Å². The number of aliphatic imine (C=N–C) groups is 1. The van der Waals surface area contributed by atoms with Crippen LogP contribution in [0, 0.1) is 0 Å². The average Bonchev–Trinajstić information content (AvgIpc) is 2.63. The van der Waals surface area contributed by atoms with Crippen molar-refractivity contribution in [2.24, 2.45) is 4.99 Å². The number of phenols is 1. The summed E-state index contributed by atoms with van der Waals surface area (Å²) in [6.45, 7) is 7.06. The molecule has 0 spiro atoms. The van der Waals surface area contributed by atoms with E-state index in [0.717, 1.165) is 44.4 Å². The lowest BCUT2D eigenvalue weighted by Gasteiger charge is -2.37. The van der Waals surface area contributed by atoms with Crippen LogP contribution in [-0.2, 0) is 14.6 Å². The molecule has 160 valence electrons. The van der Waals surface area contributed by atoms with Crippen molar-refractivity contribution in [2.75, 3.05) is 69.4 Å². The van der Waals surface area contributed by atoms with E-state index in [0.29, 0.717) is 18.9 Å². The molecule has 1 fully saturated rings. The Hall–Kier alpha value is -1.27. The third kappa shape index (κ3) is 8.39. The van der Waals surface area contributed by atoms with Gasteiger partial charge in [-0.25, -0.2) is 8.42 Å². The molecular weight excluding hydrogens is 495 g/mol. The van der Waals surface area contributed by atoms with Gasteiger partial charge in [0.15, 0.2) is 5.96 Å². The van der Waals surface area contributed by atoms with E-state index in [2.05, 4.69) is 20.1 Å². The number of hydrogen-bond acceptors (Lipinski definition) is 6. The van der Waals surface area contributed by atoms with Crippen molar-refractivity contribution in [3.63, 3.8) is 0 Å². The number of piperazine rings is 1. The second kappa shape index (κ2) is 12.3. The molecule has 0 unspecified atom stereocenters. The van der Waals surface area contributed by atoms with Gasteiger partial charge in [-0.05, 0) is 19.1 Å². The number of nitrogens with zero attached hydrogens (tertiary/aromatic N) is 3. The molecule has 2 rings (SSSR count). The summed E-state index contributed by atoms with van der Waals surface area (Å²) in [7, 11) is -2.99. The van der Waals surface area contributed by atoms with E-state index < -0.39 is 9.84 Å². The normalized spacial score (nSPS) is 15.3. The number of hydrogen-bond donors (Lipinski definition) is 2. The summed E-state index contributed by atoms with van der Waals surface area (Å²) in [6.07, 6.45) is 1.20. The van der Waals surface area contributed by atoms with Gasteiger partial charge < -0.3 is 25.0 Å². The summed E-state index contributed by atoms with van der Waals surface area (Å²) in [5.74, 6) is 1.17. The first-order valence-electron chi connectivity index (χ1n) is 9.22. The predicted molar refractivity (Wildman–Crippen MR) is 124 cm³/mol. The number of anilines is 1. The number of aromatic hydroxyl groups is 1. The van der Waals surface area contributed by atoms with E-state index in [1.807, 2.05) is 25.1 Å². The Morgan fingerprint density at radius 1 is 1.21 bits per heavy atom. The Balaban J connectivity index is 0.00000392. The zero-order valence-electron chi connectivity index (χ0n) is 16.5. The van der Waals surface area contributed by atoms with Gasteiger partial charge in [0.25, 0.3) is 0 Å². The molecule has 2 N–H and O–H groups in total. The van der Waals surface area contributed by atoms with Crippen LogP contribution in [0.25, 0.3) is 0 Å². The van der Waals surface area contributed by atoms with E-state index in [-0.39, 0.29) is 36.3 Å². The first-order chi connectivity index (χ1) is 12.9. The summed E-state index contributed by atoms with van der Waals surface area (Å²) >= 11 is 0. The summed E-state index contributed by atoms with van der Waals surface area (Å²) in [5.41, 5.74) is 0.860. The highest BCUT2D eigenvalue weighted by Gasteiger charge is 2.21. The number of sulfone groups is 1. The van der Waals surface area contributed by atoms with Crippen LogP contribution in [0.3, 0.4) is 0 Å². The van der Waals surface area contributed by atoms with Crippen molar-refractivity contribution < 1.29 is 18.3 Å². The second-order valence-corrected chi connectivity index (χ2v) is 8.70. The minimum Gasteiger partial charge on any atom is -0.506 e. The Kier molecular flexibility index (Phi) is 10.9. The van der Waals surface area contributed by atoms with Crippen molar-refractivity contribution in [3.05, 3.63) is 24.3 Å². The summed E-state index contributed by atoms with van der Waals surface area (Å²) < 4.78 is 27.5. The molecule has 10 heteroatoms. The van der Waals surface area contributed by atoms with Gasteiger partial charge >= 0.3 is 0 Å². The molecule has 0 amide bonds. The summed E-state index contributed by atoms with van der Waals surface area (Å²) in [6, 6.07) is 7.38. The predicted octanol–water partition coefficient (Wildman–Crippen LogP) is 1.16. The summed E-state index contributed by atoms with van der Waals surface area (Å²) in [5, 5.41) is 13.3. The number of guanidine groups is 1. The zero-order chi connectivity index (χ0) is 19.7. The van der Waals surface area contributed by atoms with Crippen LogP contribution in [0.4, 0.5) is 5.69 Å². The number of nitrogens with one attached hydrogen (secondary N) is 1. The van der Waals surface area contributed by atoms with Gasteiger partial charge in [-0.1, -0.05) is 12.1 Å². The molecule has 1 aromatic carbocycles. The van der Waals surface area contributed by atoms with Crippen molar-refractivity contribution >= 4 is 45.5 Å². The number of phenolic OH excluding ortho intramolecular Hbond substituents is 1. The molecule has 1 aliphatic rings. The van der Waals surface area contributed by atoms with Gasteiger partial charge in [-0.3, -0.25) is 4.99 Å². The fourth-order valence-corrected chi connectivity index (χ4v) is 3.27. The maximum atomic E-state index is 11.1. The van der Waals surface area contributed by atoms with Gasteiger partial charge in [0.2, 0.25) is 0 Å². The molecule has 28 heavy (non-hydrogen) atoms. The number of ether oxygens (including phenoxy) is 1. The van der Waals surface area contributed by atoms with E-state index in [1.165, 1.54) is 6.26 Å². The van der Waals surface area contributed by atoms with Gasteiger partial charge in [0.1, 0.15) is 15.6 Å². The fraction of sp³-hybridized carbons (Fsp3) is 0.611. The van der Waals surface area contributed by atoms with Gasteiger partial charge in [0, 0.05) is 39.0 Å². The molecule has 8 nitrogen and oxygen atoms in total. The molecule has 1 aromatic rings. The maximum absolute atomic E-state index is 11.1. The lowest BCUT2D eigenvalue weighted by Crippen LogP contribution is -2.52. The minimum absolute atomic E-state index is 0. The van der Waals surface area contributed by atoms with E-state index in [4.69, 9.17) is 4.74 Å². The molecule has 0 bridgehead atoms. The first-order valence-corrected chi connectivity index (χ1v) is 11.3. The topological polar surface area (TPSA) is 94.5 Å². The molecule has 0 atom stereocenters. The van der Waals surface area contributed by atoms with Crippen molar-refractivity contribution in [1.29, 1.82) is 0 Å². The average molecular weight is 526 g/mol. The van der Waals surface area contributed by atoms with Gasteiger partial charge in [-0.2, -0.15) is 0 Å². The van der Waals surface area contributed by atoms with Crippen molar-refractivity contribution in [3.8, 4) is 5.75 Å². The molecule has 0 aromatic heterocycles.